The van der Waals surface area contributed by atoms with E-state index in [-0.39, 0.29) is 6.61 Å². The summed E-state index contributed by atoms with van der Waals surface area (Å²) in [4.78, 5) is 6.28. The highest BCUT2D eigenvalue weighted by molar-refractivity contribution is 5.34. The van der Waals surface area contributed by atoms with Crippen LogP contribution in [0.3, 0.4) is 0 Å². The fourth-order valence-corrected chi connectivity index (χ4v) is 2.46. The molecule has 0 atom stereocenters. The highest BCUT2D eigenvalue weighted by Crippen LogP contribution is 2.27. The number of aliphatic hydroxyl groups excluding tert-OH is 1. The highest BCUT2D eigenvalue weighted by Gasteiger charge is 2.18. The van der Waals surface area contributed by atoms with E-state index in [1.54, 1.807) is 17.1 Å². The zero-order valence-corrected chi connectivity index (χ0v) is 13.5. The van der Waals surface area contributed by atoms with Crippen LogP contribution in [0.15, 0.2) is 24.5 Å². The van der Waals surface area contributed by atoms with Crippen LogP contribution in [0.4, 0.5) is 0 Å². The van der Waals surface area contributed by atoms with E-state index in [9.17, 15) is 5.11 Å². The van der Waals surface area contributed by atoms with E-state index in [2.05, 4.69) is 21.9 Å². The number of pyridine rings is 1. The molecule has 6 nitrogen and oxygen atoms in total. The number of hydrogen-bond acceptors (Lipinski definition) is 5. The molecule has 120 valence electrons. The molecule has 2 heterocycles. The fourth-order valence-electron chi connectivity index (χ4n) is 2.46. The average molecular weight is 304 g/mol. The second-order valence-electron chi connectivity index (χ2n) is 5.28. The standard InChI is InChI=1S/C16H24N4O2/c1-4-8-20(9-10-21)12-15-13(2)18-19(3)16(15)22-14-6-5-7-17-11-14/h5-7,11,21H,4,8-10,12H2,1-3H3. The van der Waals surface area contributed by atoms with Crippen LogP contribution in [0, 0.1) is 6.92 Å². The lowest BCUT2D eigenvalue weighted by atomic mass is 10.2. The Morgan fingerprint density at radius 2 is 2.18 bits per heavy atom. The first-order valence-electron chi connectivity index (χ1n) is 7.59. The topological polar surface area (TPSA) is 63.4 Å². The van der Waals surface area contributed by atoms with Crippen LogP contribution in [0.5, 0.6) is 11.6 Å². The second kappa shape index (κ2) is 7.91. The van der Waals surface area contributed by atoms with E-state index in [0.29, 0.717) is 18.8 Å². The number of hydrogen-bond donors (Lipinski definition) is 1. The van der Waals surface area contributed by atoms with Crippen LogP contribution in [-0.4, -0.2) is 44.5 Å². The SMILES string of the molecule is CCCN(CCO)Cc1c(C)nn(C)c1Oc1cccnc1. The smallest absolute Gasteiger partial charge is 0.222 e. The van der Waals surface area contributed by atoms with Gasteiger partial charge in [0.1, 0.15) is 5.75 Å². The van der Waals surface area contributed by atoms with Crippen LogP contribution in [-0.2, 0) is 13.6 Å². The van der Waals surface area contributed by atoms with E-state index in [4.69, 9.17) is 4.74 Å². The van der Waals surface area contributed by atoms with Gasteiger partial charge in [0, 0.05) is 26.3 Å². The largest absolute Gasteiger partial charge is 0.437 e. The molecule has 1 N–H and O–H groups in total. The van der Waals surface area contributed by atoms with E-state index in [1.807, 2.05) is 26.1 Å². The van der Waals surface area contributed by atoms with Crippen molar-refractivity contribution in [2.75, 3.05) is 19.7 Å². The molecular formula is C16H24N4O2. The predicted molar refractivity (Wildman–Crippen MR) is 84.9 cm³/mol. The molecule has 2 aromatic heterocycles. The van der Waals surface area contributed by atoms with Crippen LogP contribution in [0.2, 0.25) is 0 Å². The van der Waals surface area contributed by atoms with Gasteiger partial charge in [-0.05, 0) is 32.0 Å². The molecule has 0 radical (unpaired) electrons. The quantitative estimate of drug-likeness (QED) is 0.809. The van der Waals surface area contributed by atoms with Crippen molar-refractivity contribution in [1.29, 1.82) is 0 Å². The molecule has 0 amide bonds. The Hall–Kier alpha value is -1.92. The van der Waals surface area contributed by atoms with Crippen LogP contribution >= 0.6 is 0 Å². The Morgan fingerprint density at radius 1 is 1.36 bits per heavy atom. The molecule has 0 spiro atoms. The normalized spacial score (nSPS) is 11.1. The van der Waals surface area contributed by atoms with Gasteiger partial charge in [0.25, 0.3) is 0 Å². The molecule has 0 bridgehead atoms. The molecule has 0 aliphatic rings. The summed E-state index contributed by atoms with van der Waals surface area (Å²) in [5.41, 5.74) is 1.99. The summed E-state index contributed by atoms with van der Waals surface area (Å²) in [6.45, 7) is 6.56. The summed E-state index contributed by atoms with van der Waals surface area (Å²) in [6, 6.07) is 3.71. The summed E-state index contributed by atoms with van der Waals surface area (Å²) >= 11 is 0. The van der Waals surface area contributed by atoms with Crippen molar-refractivity contribution >= 4 is 0 Å². The molecule has 6 heteroatoms. The average Bonchev–Trinajstić information content (AvgIpc) is 2.76. The lowest BCUT2D eigenvalue weighted by Crippen LogP contribution is -2.27. The summed E-state index contributed by atoms with van der Waals surface area (Å²) in [5, 5.41) is 13.7. The van der Waals surface area contributed by atoms with Crippen molar-refractivity contribution in [3.8, 4) is 11.6 Å². The van der Waals surface area contributed by atoms with Gasteiger partial charge in [0.15, 0.2) is 0 Å². The lowest BCUT2D eigenvalue weighted by Gasteiger charge is -2.21. The summed E-state index contributed by atoms with van der Waals surface area (Å²) in [5.74, 6) is 1.42. The minimum absolute atomic E-state index is 0.151. The van der Waals surface area contributed by atoms with Crippen molar-refractivity contribution < 1.29 is 9.84 Å². The van der Waals surface area contributed by atoms with Crippen LogP contribution in [0.1, 0.15) is 24.6 Å². The van der Waals surface area contributed by atoms with Gasteiger partial charge in [0.2, 0.25) is 5.88 Å². The third-order valence-electron chi connectivity index (χ3n) is 3.48. The molecule has 0 aliphatic heterocycles. The Labute approximate surface area is 131 Å². The third-order valence-corrected chi connectivity index (χ3v) is 3.48. The van der Waals surface area contributed by atoms with Gasteiger partial charge in [-0.15, -0.1) is 0 Å². The second-order valence-corrected chi connectivity index (χ2v) is 5.28. The first-order chi connectivity index (χ1) is 10.7. The first kappa shape index (κ1) is 16.5. The third kappa shape index (κ3) is 4.05. The van der Waals surface area contributed by atoms with Gasteiger partial charge >= 0.3 is 0 Å². The van der Waals surface area contributed by atoms with Crippen molar-refractivity contribution in [3.05, 3.63) is 35.8 Å². The summed E-state index contributed by atoms with van der Waals surface area (Å²) in [6.07, 6.45) is 4.44. The molecule has 0 aliphatic carbocycles. The minimum atomic E-state index is 0.151. The van der Waals surface area contributed by atoms with Gasteiger partial charge in [-0.2, -0.15) is 5.10 Å². The zero-order chi connectivity index (χ0) is 15.9. The van der Waals surface area contributed by atoms with Gasteiger partial charge in [-0.1, -0.05) is 6.92 Å². The lowest BCUT2D eigenvalue weighted by molar-refractivity contribution is 0.189. The maximum absolute atomic E-state index is 9.22. The molecule has 0 aromatic carbocycles. The molecule has 0 saturated heterocycles. The monoisotopic (exact) mass is 304 g/mol. The Kier molecular flexibility index (Phi) is 5.91. The van der Waals surface area contributed by atoms with Crippen molar-refractivity contribution in [3.63, 3.8) is 0 Å². The molecule has 2 aromatic rings. The van der Waals surface area contributed by atoms with Crippen molar-refractivity contribution in [1.82, 2.24) is 19.7 Å². The molecule has 22 heavy (non-hydrogen) atoms. The zero-order valence-electron chi connectivity index (χ0n) is 13.5. The van der Waals surface area contributed by atoms with E-state index in [0.717, 1.165) is 30.1 Å². The van der Waals surface area contributed by atoms with Crippen molar-refractivity contribution in [2.45, 2.75) is 26.8 Å². The summed E-state index contributed by atoms with van der Waals surface area (Å²) in [7, 11) is 1.87. The highest BCUT2D eigenvalue weighted by atomic mass is 16.5. The van der Waals surface area contributed by atoms with Crippen molar-refractivity contribution in [2.24, 2.45) is 7.05 Å². The number of nitrogens with zero attached hydrogens (tertiary/aromatic N) is 4. The Morgan fingerprint density at radius 3 is 2.82 bits per heavy atom. The Balaban J connectivity index is 2.23. The van der Waals surface area contributed by atoms with Gasteiger partial charge in [-0.3, -0.25) is 9.88 Å². The van der Waals surface area contributed by atoms with E-state index < -0.39 is 0 Å². The predicted octanol–water partition coefficient (Wildman–Crippen LogP) is 2.12. The molecule has 0 fully saturated rings. The van der Waals surface area contributed by atoms with Crippen LogP contribution in [0.25, 0.3) is 0 Å². The fraction of sp³-hybridized carbons (Fsp3) is 0.500. The number of aromatic nitrogens is 3. The number of aryl methyl sites for hydroxylation is 2. The molecule has 0 unspecified atom stereocenters. The minimum Gasteiger partial charge on any atom is -0.437 e. The first-order valence-corrected chi connectivity index (χ1v) is 7.59. The van der Waals surface area contributed by atoms with E-state index in [1.165, 1.54) is 0 Å². The maximum Gasteiger partial charge on any atom is 0.222 e. The maximum atomic E-state index is 9.22. The molecule has 0 saturated carbocycles. The van der Waals surface area contributed by atoms with Gasteiger partial charge in [0.05, 0.1) is 24.1 Å². The van der Waals surface area contributed by atoms with Gasteiger partial charge < -0.3 is 9.84 Å². The molecular weight excluding hydrogens is 280 g/mol. The van der Waals surface area contributed by atoms with E-state index >= 15 is 0 Å². The summed E-state index contributed by atoms with van der Waals surface area (Å²) < 4.78 is 7.72. The molecule has 2 rings (SSSR count). The number of rotatable bonds is 8. The van der Waals surface area contributed by atoms with Gasteiger partial charge in [-0.25, -0.2) is 4.68 Å². The Bertz CT molecular complexity index is 577. The number of aliphatic hydroxyl groups is 1. The number of ether oxygens (including phenoxy) is 1. The van der Waals surface area contributed by atoms with Crippen LogP contribution < -0.4 is 4.74 Å².